The maximum atomic E-state index is 10.3. The molecule has 2 heterocycles. The van der Waals surface area contributed by atoms with E-state index in [4.69, 9.17) is 9.47 Å². The first-order valence-corrected chi connectivity index (χ1v) is 13.3. The predicted octanol–water partition coefficient (Wildman–Crippen LogP) is 5.79. The van der Waals surface area contributed by atoms with Crippen molar-refractivity contribution in [3.63, 3.8) is 0 Å². The molecule has 0 bridgehead atoms. The van der Waals surface area contributed by atoms with Crippen LogP contribution in [0.1, 0.15) is 91.9 Å². The molecule has 4 saturated carbocycles. The van der Waals surface area contributed by atoms with Crippen molar-refractivity contribution < 1.29 is 14.6 Å². The molecule has 2 saturated heterocycles. The summed E-state index contributed by atoms with van der Waals surface area (Å²) in [6.45, 7) is 10.9. The zero-order valence-electron chi connectivity index (χ0n) is 19.7. The molecule has 0 amide bonds. The molecule has 6 rings (SSSR count). The van der Waals surface area contributed by atoms with Crippen LogP contribution in [0.3, 0.4) is 0 Å². The minimum absolute atomic E-state index is 0.0389. The fraction of sp³-hybridized carbons (Fsp3) is 1.00. The standard InChI is InChI=1S/C27H44O3/c1-16-7-12-27(29-15-16)17(2)24-23(30-27)14-22-20-6-5-18-13-19(28)8-10-25(18,3)21(20)9-11-26(22,24)4/h16-24,28H,5-15H2,1-4H3/t16?,17?,18?,19-,20?,21?,22?,23?,24?,25?,26?,27-/m1/s1. The van der Waals surface area contributed by atoms with Crippen molar-refractivity contribution in [2.24, 2.45) is 52.3 Å². The highest BCUT2D eigenvalue weighted by Gasteiger charge is 2.69. The van der Waals surface area contributed by atoms with E-state index in [0.29, 0.717) is 34.7 Å². The van der Waals surface area contributed by atoms with Gasteiger partial charge in [0.05, 0.1) is 18.8 Å². The van der Waals surface area contributed by atoms with E-state index in [9.17, 15) is 5.11 Å². The monoisotopic (exact) mass is 416 g/mol. The Balaban J connectivity index is 1.26. The topological polar surface area (TPSA) is 38.7 Å². The van der Waals surface area contributed by atoms with Gasteiger partial charge in [0.25, 0.3) is 0 Å². The van der Waals surface area contributed by atoms with Gasteiger partial charge in [0.1, 0.15) is 0 Å². The van der Waals surface area contributed by atoms with Crippen LogP contribution in [0.2, 0.25) is 0 Å². The van der Waals surface area contributed by atoms with E-state index >= 15 is 0 Å². The van der Waals surface area contributed by atoms with Crippen molar-refractivity contribution in [3.8, 4) is 0 Å². The lowest BCUT2D eigenvalue weighted by atomic mass is 9.44. The van der Waals surface area contributed by atoms with Crippen molar-refractivity contribution in [1.29, 1.82) is 0 Å². The molecule has 1 N–H and O–H groups in total. The lowest BCUT2D eigenvalue weighted by Crippen LogP contribution is -2.55. The Labute approximate surface area is 183 Å². The van der Waals surface area contributed by atoms with Gasteiger partial charge in [-0.15, -0.1) is 0 Å². The minimum Gasteiger partial charge on any atom is -0.393 e. The van der Waals surface area contributed by atoms with Gasteiger partial charge in [0, 0.05) is 12.3 Å². The molecule has 10 unspecified atom stereocenters. The van der Waals surface area contributed by atoms with Crippen LogP contribution in [-0.4, -0.2) is 29.7 Å². The summed E-state index contributed by atoms with van der Waals surface area (Å²) >= 11 is 0. The Hall–Kier alpha value is -0.120. The normalized spacial score (nSPS) is 62.5. The molecule has 0 radical (unpaired) electrons. The average molecular weight is 417 g/mol. The van der Waals surface area contributed by atoms with Gasteiger partial charge in [-0.25, -0.2) is 0 Å². The second kappa shape index (κ2) is 6.70. The molecule has 2 aliphatic heterocycles. The zero-order chi connectivity index (χ0) is 20.9. The zero-order valence-corrected chi connectivity index (χ0v) is 19.7. The molecular weight excluding hydrogens is 372 g/mol. The predicted molar refractivity (Wildman–Crippen MR) is 118 cm³/mol. The Bertz CT molecular complexity index is 684. The van der Waals surface area contributed by atoms with Crippen LogP contribution in [0.25, 0.3) is 0 Å². The molecule has 0 aromatic heterocycles. The minimum atomic E-state index is -0.282. The number of hydrogen-bond donors (Lipinski definition) is 1. The molecule has 170 valence electrons. The van der Waals surface area contributed by atoms with E-state index in [1.165, 1.54) is 44.9 Å². The van der Waals surface area contributed by atoms with Gasteiger partial charge in [-0.05, 0) is 104 Å². The second-order valence-corrected chi connectivity index (χ2v) is 13.1. The molecule has 30 heavy (non-hydrogen) atoms. The van der Waals surface area contributed by atoms with E-state index < -0.39 is 0 Å². The molecule has 6 aliphatic rings. The number of aliphatic hydroxyl groups excluding tert-OH is 1. The first-order chi connectivity index (χ1) is 14.3. The van der Waals surface area contributed by atoms with Gasteiger partial charge in [-0.3, -0.25) is 0 Å². The van der Waals surface area contributed by atoms with E-state index in [-0.39, 0.29) is 11.9 Å². The summed E-state index contributed by atoms with van der Waals surface area (Å²) in [6.07, 6.45) is 12.9. The number of aliphatic hydroxyl groups is 1. The Morgan fingerprint density at radius 1 is 0.833 bits per heavy atom. The van der Waals surface area contributed by atoms with E-state index in [2.05, 4.69) is 27.7 Å². The number of ether oxygens (including phenoxy) is 2. The SMILES string of the molecule is CC1CC[C@@]2(OC1)OC1CC3C4CCC5C[C@H](O)CCC5(C)C4CCC3(C)C1C2C. The van der Waals surface area contributed by atoms with E-state index in [1.807, 2.05) is 0 Å². The van der Waals surface area contributed by atoms with Crippen molar-refractivity contribution in [3.05, 3.63) is 0 Å². The molecular formula is C27H44O3. The number of fused-ring (bicyclic) bond motifs is 7. The molecule has 0 aromatic rings. The maximum absolute atomic E-state index is 10.3. The molecule has 12 atom stereocenters. The summed E-state index contributed by atoms with van der Waals surface area (Å²) < 4.78 is 13.4. The first-order valence-electron chi connectivity index (χ1n) is 13.3. The number of hydrogen-bond acceptors (Lipinski definition) is 3. The summed E-state index contributed by atoms with van der Waals surface area (Å²) in [5.41, 5.74) is 0.899. The van der Waals surface area contributed by atoms with Crippen molar-refractivity contribution in [2.75, 3.05) is 6.61 Å². The first kappa shape index (κ1) is 20.5. The third kappa shape index (κ3) is 2.61. The van der Waals surface area contributed by atoms with Crippen molar-refractivity contribution in [2.45, 2.75) is 110 Å². The largest absolute Gasteiger partial charge is 0.393 e. The number of rotatable bonds is 0. The van der Waals surface area contributed by atoms with Crippen LogP contribution in [-0.2, 0) is 9.47 Å². The summed E-state index contributed by atoms with van der Waals surface area (Å²) in [5.74, 6) is 4.93. The fourth-order valence-corrected chi connectivity index (χ4v) is 10.3. The van der Waals surface area contributed by atoms with Crippen LogP contribution < -0.4 is 0 Å². The molecule has 6 fully saturated rings. The molecule has 0 aromatic carbocycles. The van der Waals surface area contributed by atoms with E-state index in [1.54, 1.807) is 0 Å². The fourth-order valence-electron chi connectivity index (χ4n) is 10.3. The summed E-state index contributed by atoms with van der Waals surface area (Å²) in [6, 6.07) is 0. The van der Waals surface area contributed by atoms with Crippen LogP contribution in [0.5, 0.6) is 0 Å². The lowest BCUT2D eigenvalue weighted by Gasteiger charge is -2.61. The van der Waals surface area contributed by atoms with Gasteiger partial charge in [0.2, 0.25) is 0 Å². The molecule has 3 heteroatoms. The van der Waals surface area contributed by atoms with Crippen LogP contribution >= 0.6 is 0 Å². The van der Waals surface area contributed by atoms with Crippen LogP contribution in [0.4, 0.5) is 0 Å². The smallest absolute Gasteiger partial charge is 0.171 e. The lowest BCUT2D eigenvalue weighted by molar-refractivity contribution is -0.273. The van der Waals surface area contributed by atoms with Crippen molar-refractivity contribution in [1.82, 2.24) is 0 Å². The van der Waals surface area contributed by atoms with Gasteiger partial charge in [-0.1, -0.05) is 27.7 Å². The summed E-state index contributed by atoms with van der Waals surface area (Å²) in [5, 5.41) is 10.3. The average Bonchev–Trinajstić information content (AvgIpc) is 3.16. The van der Waals surface area contributed by atoms with Gasteiger partial charge in [-0.2, -0.15) is 0 Å². The Morgan fingerprint density at radius 2 is 1.63 bits per heavy atom. The molecule has 3 nitrogen and oxygen atoms in total. The quantitative estimate of drug-likeness (QED) is 0.543. The highest BCUT2D eigenvalue weighted by Crippen LogP contribution is 2.71. The van der Waals surface area contributed by atoms with Crippen LogP contribution in [0.15, 0.2) is 0 Å². The molecule has 1 spiro atoms. The van der Waals surface area contributed by atoms with Crippen LogP contribution in [0, 0.1) is 52.3 Å². The second-order valence-electron chi connectivity index (χ2n) is 13.1. The Kier molecular flexibility index (Phi) is 4.58. The van der Waals surface area contributed by atoms with Gasteiger partial charge < -0.3 is 14.6 Å². The highest BCUT2D eigenvalue weighted by atomic mass is 16.7. The summed E-state index contributed by atoms with van der Waals surface area (Å²) in [7, 11) is 0. The van der Waals surface area contributed by atoms with Gasteiger partial charge >= 0.3 is 0 Å². The third-order valence-electron chi connectivity index (χ3n) is 11.9. The summed E-state index contributed by atoms with van der Waals surface area (Å²) in [4.78, 5) is 0. The highest BCUT2D eigenvalue weighted by molar-refractivity contribution is 5.15. The molecule has 4 aliphatic carbocycles. The van der Waals surface area contributed by atoms with E-state index in [0.717, 1.165) is 49.5 Å². The Morgan fingerprint density at radius 3 is 2.40 bits per heavy atom. The van der Waals surface area contributed by atoms with Gasteiger partial charge in [0.15, 0.2) is 5.79 Å². The van der Waals surface area contributed by atoms with Crippen molar-refractivity contribution >= 4 is 0 Å². The third-order valence-corrected chi connectivity index (χ3v) is 11.9. The maximum Gasteiger partial charge on any atom is 0.171 e.